The average Bonchev–Trinajstić information content (AvgIpc) is 3.00. The van der Waals surface area contributed by atoms with Crippen molar-refractivity contribution in [2.75, 3.05) is 20.2 Å². The topological polar surface area (TPSA) is 45.3 Å². The summed E-state index contributed by atoms with van der Waals surface area (Å²) < 4.78 is 4.90. The molecule has 126 valence electrons. The summed E-state index contributed by atoms with van der Waals surface area (Å²) in [6.07, 6.45) is 3.46. The summed E-state index contributed by atoms with van der Waals surface area (Å²) in [5, 5.41) is 1.35. The van der Waals surface area contributed by atoms with Gasteiger partial charge in [-0.3, -0.25) is 9.69 Å². The van der Waals surface area contributed by atoms with Gasteiger partial charge in [0.1, 0.15) is 0 Å². The van der Waals surface area contributed by atoms with Crippen LogP contribution in [0.1, 0.15) is 43.5 Å². The lowest BCUT2D eigenvalue weighted by atomic mass is 9.85. The quantitative estimate of drug-likeness (QED) is 0.691. The summed E-state index contributed by atoms with van der Waals surface area (Å²) in [6.45, 7) is 4.25. The van der Waals surface area contributed by atoms with E-state index in [2.05, 4.69) is 41.1 Å². The van der Waals surface area contributed by atoms with E-state index in [4.69, 9.17) is 4.74 Å². The molecule has 1 N–H and O–H groups in total. The van der Waals surface area contributed by atoms with Gasteiger partial charge >= 0.3 is 5.97 Å². The molecule has 24 heavy (non-hydrogen) atoms. The number of para-hydroxylation sites is 1. The number of esters is 1. The van der Waals surface area contributed by atoms with Crippen LogP contribution in [0.25, 0.3) is 10.9 Å². The van der Waals surface area contributed by atoms with E-state index < -0.39 is 0 Å². The summed E-state index contributed by atoms with van der Waals surface area (Å²) >= 11 is 0. The normalized spacial score (nSPS) is 20.8. The summed E-state index contributed by atoms with van der Waals surface area (Å²) in [4.78, 5) is 18.0. The highest BCUT2D eigenvalue weighted by Crippen LogP contribution is 2.42. The molecule has 3 heterocycles. The maximum Gasteiger partial charge on any atom is 0.309 e. The number of hydrogen-bond donors (Lipinski definition) is 1. The van der Waals surface area contributed by atoms with Crippen LogP contribution in [0.2, 0.25) is 0 Å². The Morgan fingerprint density at radius 3 is 2.96 bits per heavy atom. The van der Waals surface area contributed by atoms with Gasteiger partial charge in [-0.15, -0.1) is 0 Å². The van der Waals surface area contributed by atoms with Gasteiger partial charge in [0.05, 0.1) is 19.6 Å². The van der Waals surface area contributed by atoms with Gasteiger partial charge in [0.15, 0.2) is 0 Å². The second-order valence-electron chi connectivity index (χ2n) is 6.82. The molecule has 4 heteroatoms. The molecular weight excluding hydrogens is 300 g/mol. The molecule has 0 radical (unpaired) electrons. The molecule has 1 aromatic heterocycles. The predicted octanol–water partition coefficient (Wildman–Crippen LogP) is 3.74. The zero-order valence-corrected chi connectivity index (χ0v) is 14.4. The highest BCUT2D eigenvalue weighted by Gasteiger charge is 2.35. The minimum atomic E-state index is -0.128. The number of carbonyl (C=O) groups is 1. The lowest BCUT2D eigenvalue weighted by Gasteiger charge is -2.41. The highest BCUT2D eigenvalue weighted by atomic mass is 16.5. The van der Waals surface area contributed by atoms with Crippen LogP contribution >= 0.6 is 0 Å². The van der Waals surface area contributed by atoms with Crippen LogP contribution in [-0.2, 0) is 16.0 Å². The second kappa shape index (κ2) is 6.10. The molecule has 0 saturated heterocycles. The van der Waals surface area contributed by atoms with Gasteiger partial charge in [-0.05, 0) is 30.9 Å². The monoisotopic (exact) mass is 324 g/mol. The van der Waals surface area contributed by atoms with Crippen molar-refractivity contribution in [3.05, 3.63) is 46.7 Å². The Kier molecular flexibility index (Phi) is 3.93. The van der Waals surface area contributed by atoms with Gasteiger partial charge in [0.25, 0.3) is 0 Å². The van der Waals surface area contributed by atoms with E-state index in [-0.39, 0.29) is 5.97 Å². The lowest BCUT2D eigenvalue weighted by molar-refractivity contribution is -0.139. The van der Waals surface area contributed by atoms with Gasteiger partial charge in [-0.2, -0.15) is 0 Å². The summed E-state index contributed by atoms with van der Waals surface area (Å²) in [7, 11) is 1.47. The van der Waals surface area contributed by atoms with E-state index in [1.807, 2.05) is 0 Å². The van der Waals surface area contributed by atoms with Crippen molar-refractivity contribution in [1.82, 2.24) is 9.88 Å². The molecule has 0 amide bonds. The Hall–Kier alpha value is -2.07. The number of carbonyl (C=O) groups excluding carboxylic acids is 1. The number of ether oxygens (including phenoxy) is 1. The summed E-state index contributed by atoms with van der Waals surface area (Å²) in [6, 6.07) is 8.92. The van der Waals surface area contributed by atoms with Gasteiger partial charge in [-0.1, -0.05) is 36.3 Å². The van der Waals surface area contributed by atoms with Crippen molar-refractivity contribution in [3.8, 4) is 0 Å². The molecule has 0 aliphatic carbocycles. The van der Waals surface area contributed by atoms with Crippen LogP contribution in [0.5, 0.6) is 0 Å². The van der Waals surface area contributed by atoms with E-state index in [0.29, 0.717) is 12.5 Å². The molecule has 4 rings (SSSR count). The predicted molar refractivity (Wildman–Crippen MR) is 94.9 cm³/mol. The first-order valence-corrected chi connectivity index (χ1v) is 8.81. The summed E-state index contributed by atoms with van der Waals surface area (Å²) in [5.41, 5.74) is 6.72. The smallest absolute Gasteiger partial charge is 0.309 e. The molecule has 4 nitrogen and oxygen atoms in total. The molecule has 1 aromatic carbocycles. The maximum atomic E-state index is 11.8. The SMILES string of the molecule is CCC1=C(CC(=O)OC)CC2c3[nH]c4ccccc4c3CCN2C1. The first-order chi connectivity index (χ1) is 11.7. The zero-order valence-electron chi connectivity index (χ0n) is 14.4. The standard InChI is InChI=1S/C20H24N2O2/c1-3-13-12-22-9-8-16-15-6-4-5-7-17(15)21-20(16)18(22)10-14(13)11-19(23)24-2/h4-7,18,21H,3,8-12H2,1-2H3. The highest BCUT2D eigenvalue weighted by molar-refractivity contribution is 5.85. The fraction of sp³-hybridized carbons (Fsp3) is 0.450. The molecular formula is C20H24N2O2. The first kappa shape index (κ1) is 15.5. The Morgan fingerprint density at radius 2 is 2.17 bits per heavy atom. The number of rotatable bonds is 3. The number of nitrogens with one attached hydrogen (secondary N) is 1. The number of nitrogens with zero attached hydrogens (tertiary/aromatic N) is 1. The fourth-order valence-electron chi connectivity index (χ4n) is 4.33. The van der Waals surface area contributed by atoms with Crippen LogP contribution < -0.4 is 0 Å². The molecule has 2 aromatic rings. The minimum absolute atomic E-state index is 0.128. The second-order valence-corrected chi connectivity index (χ2v) is 6.82. The first-order valence-electron chi connectivity index (χ1n) is 8.81. The van der Waals surface area contributed by atoms with E-state index >= 15 is 0 Å². The Balaban J connectivity index is 1.72. The molecule has 1 atom stereocenters. The molecule has 2 aliphatic heterocycles. The van der Waals surface area contributed by atoms with Gasteiger partial charge < -0.3 is 9.72 Å². The van der Waals surface area contributed by atoms with Gasteiger partial charge in [0, 0.05) is 29.7 Å². The third-order valence-electron chi connectivity index (χ3n) is 5.62. The largest absolute Gasteiger partial charge is 0.469 e. The van der Waals surface area contributed by atoms with Crippen LogP contribution in [0, 0.1) is 0 Å². The van der Waals surface area contributed by atoms with Gasteiger partial charge in [0.2, 0.25) is 0 Å². The number of hydrogen-bond acceptors (Lipinski definition) is 3. The van der Waals surface area contributed by atoms with Crippen molar-refractivity contribution in [1.29, 1.82) is 0 Å². The van der Waals surface area contributed by atoms with Crippen LogP contribution in [-0.4, -0.2) is 36.1 Å². The molecule has 1 unspecified atom stereocenters. The third kappa shape index (κ3) is 2.46. The zero-order chi connectivity index (χ0) is 16.7. The third-order valence-corrected chi connectivity index (χ3v) is 5.62. The molecule has 0 bridgehead atoms. The van der Waals surface area contributed by atoms with Crippen molar-refractivity contribution >= 4 is 16.9 Å². The maximum absolute atomic E-state index is 11.8. The van der Waals surface area contributed by atoms with Crippen LogP contribution in [0.15, 0.2) is 35.4 Å². The molecule has 2 aliphatic rings. The number of fused-ring (bicyclic) bond motifs is 5. The summed E-state index contributed by atoms with van der Waals surface area (Å²) in [5.74, 6) is -0.128. The number of methoxy groups -OCH3 is 1. The van der Waals surface area contributed by atoms with Crippen LogP contribution in [0.3, 0.4) is 0 Å². The van der Waals surface area contributed by atoms with E-state index in [9.17, 15) is 4.79 Å². The van der Waals surface area contributed by atoms with E-state index in [1.54, 1.807) is 0 Å². The van der Waals surface area contributed by atoms with Crippen molar-refractivity contribution in [2.24, 2.45) is 0 Å². The average molecular weight is 324 g/mol. The van der Waals surface area contributed by atoms with Crippen molar-refractivity contribution in [2.45, 2.75) is 38.6 Å². The molecule has 0 spiro atoms. The Morgan fingerprint density at radius 1 is 1.33 bits per heavy atom. The number of benzene rings is 1. The van der Waals surface area contributed by atoms with Crippen molar-refractivity contribution in [3.63, 3.8) is 0 Å². The number of H-pyrrole nitrogens is 1. The van der Waals surface area contributed by atoms with E-state index in [1.165, 1.54) is 40.4 Å². The van der Waals surface area contributed by atoms with Crippen LogP contribution in [0.4, 0.5) is 0 Å². The Labute approximate surface area is 142 Å². The fourth-order valence-corrected chi connectivity index (χ4v) is 4.33. The minimum Gasteiger partial charge on any atom is -0.469 e. The Bertz CT molecular complexity index is 818. The van der Waals surface area contributed by atoms with Crippen molar-refractivity contribution < 1.29 is 9.53 Å². The van der Waals surface area contributed by atoms with E-state index in [0.717, 1.165) is 32.4 Å². The van der Waals surface area contributed by atoms with Gasteiger partial charge in [-0.25, -0.2) is 0 Å². The lowest BCUT2D eigenvalue weighted by Crippen LogP contribution is -2.40. The molecule has 0 fully saturated rings. The molecule has 0 saturated carbocycles. The number of aromatic nitrogens is 1. The number of aromatic amines is 1.